The normalized spacial score (nSPS) is 23.4. The van der Waals surface area contributed by atoms with E-state index in [-0.39, 0.29) is 0 Å². The van der Waals surface area contributed by atoms with Crippen molar-refractivity contribution in [3.63, 3.8) is 0 Å². The lowest BCUT2D eigenvalue weighted by atomic mass is 9.77. The second-order valence-corrected chi connectivity index (χ2v) is 6.32. The van der Waals surface area contributed by atoms with Crippen LogP contribution in [0.2, 0.25) is 0 Å². The van der Waals surface area contributed by atoms with Crippen LogP contribution in [0.5, 0.6) is 11.5 Å². The fourth-order valence-corrected chi connectivity index (χ4v) is 3.02. The van der Waals surface area contributed by atoms with Gasteiger partial charge in [0.2, 0.25) is 0 Å². The molecule has 2 N–H and O–H groups in total. The van der Waals surface area contributed by atoms with Crippen LogP contribution in [0.1, 0.15) is 49.9 Å². The molecule has 6 heteroatoms. The molecule has 1 amide bonds. The average molecular weight is 335 g/mol. The van der Waals surface area contributed by atoms with Crippen LogP contribution in [-0.4, -0.2) is 36.2 Å². The molecule has 1 aromatic rings. The first-order chi connectivity index (χ1) is 11.4. The van der Waals surface area contributed by atoms with Crippen molar-refractivity contribution in [3.8, 4) is 11.5 Å². The number of methoxy groups -OCH3 is 1. The minimum absolute atomic E-state index is 0.356. The smallest absolute Gasteiger partial charge is 0.329 e. The minimum atomic E-state index is -1.19. The summed E-state index contributed by atoms with van der Waals surface area (Å²) in [5.74, 6) is 0.107. The van der Waals surface area contributed by atoms with Crippen LogP contribution in [0.4, 0.5) is 0 Å². The van der Waals surface area contributed by atoms with Crippen molar-refractivity contribution < 1.29 is 24.2 Å². The molecule has 0 bridgehead atoms. The standard InChI is InChI=1S/C18H25NO5/c1-4-24-14-6-5-13(11-15(14)23-3)16(20)19-18(17(21)22)9-7-12(2)8-10-18/h5-6,11-12H,4,7-10H2,1-3H3,(H,19,20)(H,21,22). The van der Waals surface area contributed by atoms with E-state index in [1.165, 1.54) is 7.11 Å². The van der Waals surface area contributed by atoms with E-state index in [0.29, 0.717) is 42.4 Å². The van der Waals surface area contributed by atoms with E-state index < -0.39 is 17.4 Å². The number of hydrogen-bond donors (Lipinski definition) is 2. The fraction of sp³-hybridized carbons (Fsp3) is 0.556. The van der Waals surface area contributed by atoms with Crippen molar-refractivity contribution in [1.82, 2.24) is 5.32 Å². The quantitative estimate of drug-likeness (QED) is 0.835. The molecule has 0 atom stereocenters. The Morgan fingerprint density at radius 1 is 1.29 bits per heavy atom. The molecule has 0 radical (unpaired) electrons. The van der Waals surface area contributed by atoms with Gasteiger partial charge in [-0.05, 0) is 56.7 Å². The van der Waals surface area contributed by atoms with Gasteiger partial charge in [-0.25, -0.2) is 4.79 Å². The van der Waals surface area contributed by atoms with Gasteiger partial charge in [0.25, 0.3) is 5.91 Å². The van der Waals surface area contributed by atoms with Crippen molar-refractivity contribution in [1.29, 1.82) is 0 Å². The Morgan fingerprint density at radius 3 is 2.50 bits per heavy atom. The number of ether oxygens (including phenoxy) is 2. The van der Waals surface area contributed by atoms with Gasteiger partial charge in [-0.1, -0.05) is 6.92 Å². The number of carbonyl (C=O) groups excluding carboxylic acids is 1. The van der Waals surface area contributed by atoms with Gasteiger partial charge in [0.05, 0.1) is 13.7 Å². The summed E-state index contributed by atoms with van der Waals surface area (Å²) in [7, 11) is 1.50. The third-order valence-corrected chi connectivity index (χ3v) is 4.62. The Bertz CT molecular complexity index is 605. The molecule has 132 valence electrons. The summed E-state index contributed by atoms with van der Waals surface area (Å²) < 4.78 is 10.7. The number of carboxylic acids is 1. The van der Waals surface area contributed by atoms with Gasteiger partial charge in [-0.2, -0.15) is 0 Å². The number of carboxylic acid groups (broad SMARTS) is 1. The largest absolute Gasteiger partial charge is 0.493 e. The van der Waals surface area contributed by atoms with Crippen LogP contribution in [0.3, 0.4) is 0 Å². The number of benzene rings is 1. The van der Waals surface area contributed by atoms with Crippen molar-refractivity contribution in [3.05, 3.63) is 23.8 Å². The topological polar surface area (TPSA) is 84.9 Å². The van der Waals surface area contributed by atoms with Gasteiger partial charge in [-0.15, -0.1) is 0 Å². The number of rotatable bonds is 6. The van der Waals surface area contributed by atoms with Crippen LogP contribution < -0.4 is 14.8 Å². The zero-order valence-corrected chi connectivity index (χ0v) is 14.4. The van der Waals surface area contributed by atoms with Gasteiger partial charge >= 0.3 is 5.97 Å². The summed E-state index contributed by atoms with van der Waals surface area (Å²) in [4.78, 5) is 24.3. The monoisotopic (exact) mass is 335 g/mol. The Morgan fingerprint density at radius 2 is 1.96 bits per heavy atom. The van der Waals surface area contributed by atoms with Crippen molar-refractivity contribution in [2.45, 2.75) is 45.1 Å². The second kappa shape index (κ2) is 7.55. The Hall–Kier alpha value is -2.24. The molecule has 1 aliphatic rings. The summed E-state index contributed by atoms with van der Waals surface area (Å²) >= 11 is 0. The van der Waals surface area contributed by atoms with Gasteiger partial charge in [0.1, 0.15) is 5.54 Å². The van der Waals surface area contributed by atoms with Crippen molar-refractivity contribution >= 4 is 11.9 Å². The minimum Gasteiger partial charge on any atom is -0.493 e. The lowest BCUT2D eigenvalue weighted by Crippen LogP contribution is -2.56. The maximum Gasteiger partial charge on any atom is 0.329 e. The molecule has 0 saturated heterocycles. The highest BCUT2D eigenvalue weighted by molar-refractivity contribution is 5.98. The van der Waals surface area contributed by atoms with E-state index in [1.54, 1.807) is 18.2 Å². The summed E-state index contributed by atoms with van der Waals surface area (Å²) in [5, 5.41) is 12.4. The van der Waals surface area contributed by atoms with Crippen LogP contribution in [0, 0.1) is 5.92 Å². The number of carbonyl (C=O) groups is 2. The second-order valence-electron chi connectivity index (χ2n) is 6.32. The number of nitrogens with one attached hydrogen (secondary N) is 1. The number of amides is 1. The molecule has 0 aliphatic heterocycles. The predicted molar refractivity (Wildman–Crippen MR) is 89.6 cm³/mol. The number of aliphatic carboxylic acids is 1. The average Bonchev–Trinajstić information content (AvgIpc) is 2.57. The molecule has 1 fully saturated rings. The molecular weight excluding hydrogens is 310 g/mol. The lowest BCUT2D eigenvalue weighted by Gasteiger charge is -2.36. The fourth-order valence-electron chi connectivity index (χ4n) is 3.02. The predicted octanol–water partition coefficient (Wildman–Crippen LogP) is 2.86. The van der Waals surface area contributed by atoms with E-state index in [0.717, 1.165) is 12.8 Å². The van der Waals surface area contributed by atoms with E-state index in [9.17, 15) is 14.7 Å². The maximum atomic E-state index is 12.6. The lowest BCUT2D eigenvalue weighted by molar-refractivity contribution is -0.146. The first-order valence-electron chi connectivity index (χ1n) is 8.28. The van der Waals surface area contributed by atoms with Crippen molar-refractivity contribution in [2.24, 2.45) is 5.92 Å². The third kappa shape index (κ3) is 3.80. The Balaban J connectivity index is 2.20. The highest BCUT2D eigenvalue weighted by atomic mass is 16.5. The molecule has 1 aliphatic carbocycles. The Kier molecular flexibility index (Phi) is 5.70. The van der Waals surface area contributed by atoms with Crippen molar-refractivity contribution in [2.75, 3.05) is 13.7 Å². The summed E-state index contributed by atoms with van der Waals surface area (Å²) in [6, 6.07) is 4.85. The molecular formula is C18H25NO5. The Labute approximate surface area is 142 Å². The zero-order chi connectivity index (χ0) is 17.7. The van der Waals surface area contributed by atoms with Crippen LogP contribution in [0.15, 0.2) is 18.2 Å². The number of hydrogen-bond acceptors (Lipinski definition) is 4. The summed E-state index contributed by atoms with van der Waals surface area (Å²) in [5.41, 5.74) is -0.829. The van der Waals surface area contributed by atoms with E-state index >= 15 is 0 Å². The van der Waals surface area contributed by atoms with E-state index in [4.69, 9.17) is 9.47 Å². The molecule has 1 aromatic carbocycles. The molecule has 0 unspecified atom stereocenters. The molecule has 0 aromatic heterocycles. The molecule has 6 nitrogen and oxygen atoms in total. The van der Waals surface area contributed by atoms with Crippen LogP contribution >= 0.6 is 0 Å². The highest BCUT2D eigenvalue weighted by Gasteiger charge is 2.42. The highest BCUT2D eigenvalue weighted by Crippen LogP contribution is 2.33. The molecule has 1 saturated carbocycles. The molecule has 0 spiro atoms. The summed E-state index contributed by atoms with van der Waals surface area (Å²) in [6.07, 6.45) is 2.48. The van der Waals surface area contributed by atoms with Gasteiger partial charge in [0.15, 0.2) is 11.5 Å². The molecule has 24 heavy (non-hydrogen) atoms. The van der Waals surface area contributed by atoms with Gasteiger partial charge < -0.3 is 19.9 Å². The SMILES string of the molecule is CCOc1ccc(C(=O)NC2(C(=O)O)CCC(C)CC2)cc1OC. The van der Waals surface area contributed by atoms with Crippen LogP contribution in [-0.2, 0) is 4.79 Å². The van der Waals surface area contributed by atoms with Crippen LogP contribution in [0.25, 0.3) is 0 Å². The molecule has 0 heterocycles. The maximum absolute atomic E-state index is 12.6. The first kappa shape index (κ1) is 18.1. The van der Waals surface area contributed by atoms with Gasteiger partial charge in [-0.3, -0.25) is 4.79 Å². The van der Waals surface area contributed by atoms with Gasteiger partial charge in [0, 0.05) is 5.56 Å². The van der Waals surface area contributed by atoms with E-state index in [1.807, 2.05) is 6.92 Å². The zero-order valence-electron chi connectivity index (χ0n) is 14.4. The van der Waals surface area contributed by atoms with E-state index in [2.05, 4.69) is 12.2 Å². The summed E-state index contributed by atoms with van der Waals surface area (Å²) in [6.45, 7) is 4.45. The third-order valence-electron chi connectivity index (χ3n) is 4.62. The first-order valence-corrected chi connectivity index (χ1v) is 8.28. The molecule has 2 rings (SSSR count).